The minimum atomic E-state index is -3.13. The molecule has 7 heavy (non-hydrogen) atoms. The van der Waals surface area contributed by atoms with Crippen LogP contribution in [0, 0.1) is 0 Å². The summed E-state index contributed by atoms with van der Waals surface area (Å²) in [4.78, 5) is 14.3. The first-order valence-electron chi connectivity index (χ1n) is 0.651. The van der Waals surface area contributed by atoms with Crippen LogP contribution in [-0.2, 0) is 23.9 Å². The number of rotatable bonds is 0. The van der Waals surface area contributed by atoms with Crippen molar-refractivity contribution < 1.29 is 33.5 Å². The van der Waals surface area contributed by atoms with Crippen molar-refractivity contribution in [1.29, 1.82) is 0 Å². The molecule has 0 aliphatic carbocycles. The Bertz CT molecular complexity index is 37.9. The first-order chi connectivity index (χ1) is 1.73. The molecule has 0 radical (unpaired) electrons. The van der Waals surface area contributed by atoms with Gasteiger partial charge in [0.05, 0.1) is 0 Å². The van der Waals surface area contributed by atoms with Crippen molar-refractivity contribution in [2.45, 2.75) is 0 Å². The average Bonchev–Trinajstić information content (AvgIpc) is 0.811. The second-order valence-electron chi connectivity index (χ2n) is 0.283. The van der Waals surface area contributed by atoms with E-state index in [1.807, 2.05) is 0 Å². The number of hydrogen-bond donors (Lipinski definition) is 2. The first kappa shape index (κ1) is 22.8. The molecule has 0 aromatic carbocycles. The van der Waals surface area contributed by atoms with E-state index in [0.717, 1.165) is 0 Å². The van der Waals surface area contributed by atoms with Crippen LogP contribution in [0.1, 0.15) is 0 Å². The molecule has 0 spiro atoms. The summed E-state index contributed by atoms with van der Waals surface area (Å²) < 4.78 is 8.74. The van der Waals surface area contributed by atoms with Gasteiger partial charge in [0, 0.05) is 19.5 Å². The van der Waals surface area contributed by atoms with Gasteiger partial charge in [-0.2, -0.15) is 0 Å². The van der Waals surface area contributed by atoms with Gasteiger partial charge in [-0.3, -0.25) is 4.46 Å². The molecular weight excluding hydrogens is 206 g/mol. The molecule has 0 aliphatic heterocycles. The Morgan fingerprint density at radius 2 is 1.29 bits per heavy atom. The van der Waals surface area contributed by atoms with Gasteiger partial charge in [-0.05, 0) is 0 Å². The summed E-state index contributed by atoms with van der Waals surface area (Å²) in [5.41, 5.74) is 0. The molecule has 0 saturated heterocycles. The summed E-state index contributed by atoms with van der Waals surface area (Å²) in [6.07, 6.45) is 0. The third kappa shape index (κ3) is 63.2. The maximum atomic E-state index is 8.74. The predicted molar refractivity (Wildman–Crippen MR) is 28.0 cm³/mol. The molecule has 0 saturated carbocycles. The topological polar surface area (TPSA) is 57.5 Å². The van der Waals surface area contributed by atoms with Crippen molar-refractivity contribution in [1.82, 2.24) is 0 Å². The quantitative estimate of drug-likeness (QED) is 0.410. The molecule has 0 atom stereocenters. The Morgan fingerprint density at radius 1 is 1.29 bits per heavy atom. The molecule has 0 aromatic heterocycles. The van der Waals surface area contributed by atoms with Gasteiger partial charge >= 0.3 is 70.0 Å². The minimum Gasteiger partial charge on any atom is 0 e. The Morgan fingerprint density at radius 3 is 1.29 bits per heavy atom. The summed E-state index contributed by atoms with van der Waals surface area (Å²) in [7, 11) is -3.13. The molecule has 3 nitrogen and oxygen atoms in total. The SMILES string of the molecule is O=[Si](O)O.[CaH2].[MgH2].[Zn]. The molecule has 0 heterocycles. The molecule has 0 fully saturated rings. The van der Waals surface area contributed by atoms with Crippen LogP contribution in [0.3, 0.4) is 0 Å². The predicted octanol–water partition coefficient (Wildman–Crippen LogP) is -3.45. The van der Waals surface area contributed by atoms with E-state index in [1.54, 1.807) is 0 Å². The van der Waals surface area contributed by atoms with Gasteiger partial charge in [0.15, 0.2) is 0 Å². The van der Waals surface area contributed by atoms with Crippen LogP contribution in [0.4, 0.5) is 0 Å². The molecular formula is H6CaMgO3SiZn. The fraction of sp³-hybridized carbons (Fsp3) is 0. The van der Waals surface area contributed by atoms with E-state index >= 15 is 0 Å². The molecule has 0 aliphatic rings. The Labute approximate surface area is 102 Å². The summed E-state index contributed by atoms with van der Waals surface area (Å²) in [5.74, 6) is 0. The smallest absolute Gasteiger partial charge is 0 e. The molecule has 0 unspecified atom stereocenters. The largest absolute Gasteiger partial charge is 0.316 e. The Kier molecular flexibility index (Phi) is 51.3. The molecule has 0 aromatic rings. The van der Waals surface area contributed by atoms with Crippen LogP contribution >= 0.6 is 0 Å². The Hall–Kier alpha value is 2.27. The second-order valence-corrected chi connectivity index (χ2v) is 0.848. The van der Waals surface area contributed by atoms with Gasteiger partial charge in [0.25, 0.3) is 0 Å². The molecule has 7 heteroatoms. The summed E-state index contributed by atoms with van der Waals surface area (Å²) in [5, 5.41) is 0. The number of hydrogen-bond acceptors (Lipinski definition) is 1. The van der Waals surface area contributed by atoms with E-state index in [9.17, 15) is 0 Å². The molecule has 0 rings (SSSR count). The third-order valence-electron chi connectivity index (χ3n) is 0. The van der Waals surface area contributed by atoms with Gasteiger partial charge in [0.2, 0.25) is 0 Å². The van der Waals surface area contributed by atoms with E-state index in [-0.39, 0.29) is 80.3 Å². The maximum absolute atomic E-state index is 8.74. The fourth-order valence-corrected chi connectivity index (χ4v) is 0. The minimum absolute atomic E-state index is 0. The van der Waals surface area contributed by atoms with Gasteiger partial charge in [-0.25, -0.2) is 0 Å². The average molecular weight is 212 g/mol. The van der Waals surface area contributed by atoms with Crippen LogP contribution in [0.15, 0.2) is 0 Å². The first-order valence-corrected chi connectivity index (χ1v) is 1.95. The van der Waals surface area contributed by atoms with Crippen molar-refractivity contribution in [3.05, 3.63) is 0 Å². The van der Waals surface area contributed by atoms with Gasteiger partial charge in [-0.1, -0.05) is 0 Å². The Balaban J connectivity index is -0.0000000150. The second kappa shape index (κ2) is 15.7. The van der Waals surface area contributed by atoms with Crippen molar-refractivity contribution in [2.75, 3.05) is 0 Å². The van der Waals surface area contributed by atoms with Gasteiger partial charge in [0.1, 0.15) is 0 Å². The van der Waals surface area contributed by atoms with Crippen LogP contribution < -0.4 is 0 Å². The summed E-state index contributed by atoms with van der Waals surface area (Å²) >= 11 is 0. The van der Waals surface area contributed by atoms with E-state index in [4.69, 9.17) is 14.1 Å². The molecule has 0 bridgehead atoms. The van der Waals surface area contributed by atoms with E-state index in [2.05, 4.69) is 0 Å². The molecule has 0 amide bonds. The van der Waals surface area contributed by atoms with E-state index in [0.29, 0.717) is 0 Å². The van der Waals surface area contributed by atoms with Crippen molar-refractivity contribution >= 4 is 70.0 Å². The van der Waals surface area contributed by atoms with E-state index < -0.39 is 9.17 Å². The third-order valence-corrected chi connectivity index (χ3v) is 0. The fourth-order valence-electron chi connectivity index (χ4n) is 0. The van der Waals surface area contributed by atoms with Crippen LogP contribution in [0.2, 0.25) is 0 Å². The van der Waals surface area contributed by atoms with Crippen molar-refractivity contribution in [3.8, 4) is 0 Å². The van der Waals surface area contributed by atoms with Crippen LogP contribution in [0.25, 0.3) is 0 Å². The van der Waals surface area contributed by atoms with Crippen LogP contribution in [0.5, 0.6) is 0 Å². The van der Waals surface area contributed by atoms with Crippen LogP contribution in [-0.4, -0.2) is 79.6 Å². The summed E-state index contributed by atoms with van der Waals surface area (Å²) in [6, 6.07) is 0. The molecule has 34 valence electrons. The molecule has 2 N–H and O–H groups in total. The maximum Gasteiger partial charge on any atom is 0.316 e. The standard InChI is InChI=1S/Ca.Mg.H2O3Si.Zn.4H/c;;1-4(2)3;;;;;/h;;1-2H;;;;;. The zero-order valence-corrected chi connectivity index (χ0v) is 6.48. The van der Waals surface area contributed by atoms with E-state index in [1.165, 1.54) is 0 Å². The normalized spacial score (nSPS) is 3.43. The zero-order valence-electron chi connectivity index (χ0n) is 2.51. The van der Waals surface area contributed by atoms with Gasteiger partial charge < -0.3 is 9.59 Å². The monoisotopic (exact) mass is 210 g/mol. The summed E-state index contributed by atoms with van der Waals surface area (Å²) in [6.45, 7) is 0. The van der Waals surface area contributed by atoms with Gasteiger partial charge in [-0.15, -0.1) is 0 Å². The van der Waals surface area contributed by atoms with Crippen molar-refractivity contribution in [3.63, 3.8) is 0 Å². The zero-order chi connectivity index (χ0) is 3.58. The van der Waals surface area contributed by atoms with Crippen molar-refractivity contribution in [2.24, 2.45) is 0 Å².